The number of aromatic nitrogens is 5. The van der Waals surface area contributed by atoms with Gasteiger partial charge in [0.15, 0.2) is 0 Å². The number of sulfone groups is 1. The molecule has 202 valence electrons. The Balaban J connectivity index is 1.21. The predicted molar refractivity (Wildman–Crippen MR) is 161 cm³/mol. The third kappa shape index (κ3) is 6.01. The average molecular weight is 570 g/mol. The summed E-state index contributed by atoms with van der Waals surface area (Å²) in [6.45, 7) is 1.70. The summed E-state index contributed by atoms with van der Waals surface area (Å²) in [5.41, 5.74) is 4.98. The van der Waals surface area contributed by atoms with Crippen molar-refractivity contribution in [2.75, 3.05) is 23.9 Å². The Morgan fingerprint density at radius 1 is 0.950 bits per heavy atom. The molecule has 6 aromatic rings. The molecular weight excluding hydrogens is 543 g/mol. The van der Waals surface area contributed by atoms with Crippen LogP contribution in [0.4, 0.5) is 11.5 Å². The SMILES string of the molecule is CS(=O)(=O)CCNCc1cnc(-c2ccc3ncnc(Nc4ccc5c(cnn5Cc5ccccc5)c4)c3c2)s1. The molecule has 40 heavy (non-hydrogen) atoms. The number of nitrogens with one attached hydrogen (secondary N) is 2. The van der Waals surface area contributed by atoms with E-state index < -0.39 is 9.84 Å². The van der Waals surface area contributed by atoms with Crippen LogP contribution < -0.4 is 10.6 Å². The van der Waals surface area contributed by atoms with Crippen LogP contribution in [0.3, 0.4) is 0 Å². The second-order valence-corrected chi connectivity index (χ2v) is 13.0. The van der Waals surface area contributed by atoms with Crippen molar-refractivity contribution < 1.29 is 8.42 Å². The zero-order valence-corrected chi connectivity index (χ0v) is 23.4. The van der Waals surface area contributed by atoms with Crippen LogP contribution in [0.2, 0.25) is 0 Å². The molecule has 0 aliphatic heterocycles. The van der Waals surface area contributed by atoms with Crippen molar-refractivity contribution in [1.29, 1.82) is 0 Å². The standard InChI is InChI=1S/C29H27N7O2S2/c1-40(37,38)12-11-30-16-24-17-31-29(39-24)21-7-9-26-25(14-21)28(33-19-32-26)35-23-8-10-27-22(13-23)15-34-36(27)18-20-5-3-2-4-6-20/h2-10,13-15,17,19,30H,11-12,16,18H2,1H3,(H,32,33,35). The van der Waals surface area contributed by atoms with E-state index >= 15 is 0 Å². The van der Waals surface area contributed by atoms with E-state index in [0.29, 0.717) is 25.5 Å². The van der Waals surface area contributed by atoms with E-state index in [9.17, 15) is 8.42 Å². The first-order valence-electron chi connectivity index (χ1n) is 12.8. The summed E-state index contributed by atoms with van der Waals surface area (Å²) in [6.07, 6.45) is 6.51. The Bertz CT molecular complexity index is 1900. The zero-order valence-electron chi connectivity index (χ0n) is 21.8. The number of hydrogen-bond acceptors (Lipinski definition) is 9. The highest BCUT2D eigenvalue weighted by Crippen LogP contribution is 2.31. The highest BCUT2D eigenvalue weighted by Gasteiger charge is 2.11. The molecule has 0 amide bonds. The number of hydrogen-bond donors (Lipinski definition) is 2. The van der Waals surface area contributed by atoms with E-state index in [2.05, 4.69) is 54.9 Å². The molecule has 6 rings (SSSR count). The van der Waals surface area contributed by atoms with Gasteiger partial charge >= 0.3 is 0 Å². The number of benzene rings is 3. The van der Waals surface area contributed by atoms with Gasteiger partial charge in [-0.05, 0) is 42.0 Å². The largest absolute Gasteiger partial charge is 0.340 e. The maximum absolute atomic E-state index is 11.3. The van der Waals surface area contributed by atoms with Crippen molar-refractivity contribution in [2.45, 2.75) is 13.1 Å². The van der Waals surface area contributed by atoms with Crippen molar-refractivity contribution in [2.24, 2.45) is 0 Å². The van der Waals surface area contributed by atoms with Crippen molar-refractivity contribution in [1.82, 2.24) is 30.0 Å². The van der Waals surface area contributed by atoms with Crippen LogP contribution in [0.5, 0.6) is 0 Å². The maximum Gasteiger partial charge on any atom is 0.148 e. The predicted octanol–water partition coefficient (Wildman–Crippen LogP) is 5.03. The van der Waals surface area contributed by atoms with Gasteiger partial charge in [-0.1, -0.05) is 30.3 Å². The van der Waals surface area contributed by atoms with Gasteiger partial charge in [0.1, 0.15) is 27.0 Å². The first-order valence-corrected chi connectivity index (χ1v) is 15.6. The van der Waals surface area contributed by atoms with Crippen LogP contribution in [0.15, 0.2) is 85.5 Å². The first kappa shape index (κ1) is 26.1. The summed E-state index contributed by atoms with van der Waals surface area (Å²) in [5.74, 6) is 0.823. The van der Waals surface area contributed by atoms with Gasteiger partial charge < -0.3 is 10.6 Å². The second kappa shape index (κ2) is 11.1. The van der Waals surface area contributed by atoms with Crippen LogP contribution in [-0.2, 0) is 22.9 Å². The molecule has 0 aliphatic carbocycles. The third-order valence-electron chi connectivity index (χ3n) is 6.46. The normalized spacial score (nSPS) is 11.8. The topological polar surface area (TPSA) is 115 Å². The molecule has 3 aromatic heterocycles. The highest BCUT2D eigenvalue weighted by atomic mass is 32.2. The summed E-state index contributed by atoms with van der Waals surface area (Å²) in [5, 5.41) is 14.0. The monoisotopic (exact) mass is 569 g/mol. The van der Waals surface area contributed by atoms with Gasteiger partial charge in [0.25, 0.3) is 0 Å². The van der Waals surface area contributed by atoms with Gasteiger partial charge in [0.2, 0.25) is 0 Å². The highest BCUT2D eigenvalue weighted by molar-refractivity contribution is 7.90. The number of thiazole rings is 1. The molecule has 0 saturated heterocycles. The van der Waals surface area contributed by atoms with Gasteiger partial charge in [0, 0.05) is 52.4 Å². The molecule has 3 aromatic carbocycles. The van der Waals surface area contributed by atoms with Crippen molar-refractivity contribution >= 4 is 54.5 Å². The van der Waals surface area contributed by atoms with E-state index in [1.165, 1.54) is 11.8 Å². The molecule has 11 heteroatoms. The van der Waals surface area contributed by atoms with Gasteiger partial charge in [-0.25, -0.2) is 23.4 Å². The van der Waals surface area contributed by atoms with Crippen LogP contribution >= 0.6 is 11.3 Å². The van der Waals surface area contributed by atoms with Crippen molar-refractivity contribution in [3.8, 4) is 10.6 Å². The lowest BCUT2D eigenvalue weighted by Gasteiger charge is -2.10. The van der Waals surface area contributed by atoms with E-state index in [1.54, 1.807) is 17.7 Å². The molecule has 0 spiro atoms. The maximum atomic E-state index is 11.3. The quantitative estimate of drug-likeness (QED) is 0.221. The third-order valence-corrected chi connectivity index (χ3v) is 8.46. The van der Waals surface area contributed by atoms with Gasteiger partial charge in [-0.2, -0.15) is 5.10 Å². The van der Waals surface area contributed by atoms with E-state index in [0.717, 1.165) is 42.9 Å². The van der Waals surface area contributed by atoms with Crippen LogP contribution in [0, 0.1) is 0 Å². The summed E-state index contributed by atoms with van der Waals surface area (Å²) < 4.78 is 24.7. The smallest absolute Gasteiger partial charge is 0.148 e. The van der Waals surface area contributed by atoms with Crippen molar-refractivity contribution in [3.63, 3.8) is 0 Å². The first-order chi connectivity index (χ1) is 19.4. The average Bonchev–Trinajstić information content (AvgIpc) is 3.58. The fourth-order valence-electron chi connectivity index (χ4n) is 4.47. The second-order valence-electron chi connectivity index (χ2n) is 9.58. The Morgan fingerprint density at radius 3 is 2.67 bits per heavy atom. The minimum Gasteiger partial charge on any atom is -0.340 e. The molecule has 2 N–H and O–H groups in total. The zero-order chi connectivity index (χ0) is 27.5. The minimum atomic E-state index is -2.98. The lowest BCUT2D eigenvalue weighted by Crippen LogP contribution is -2.21. The molecule has 0 radical (unpaired) electrons. The molecule has 3 heterocycles. The lowest BCUT2D eigenvalue weighted by atomic mass is 10.1. The Kier molecular flexibility index (Phi) is 7.25. The number of fused-ring (bicyclic) bond motifs is 2. The van der Waals surface area contributed by atoms with E-state index in [1.807, 2.05) is 59.5 Å². The summed E-state index contributed by atoms with van der Waals surface area (Å²) in [6, 6.07) is 22.5. The Hall–Kier alpha value is -4.19. The van der Waals surface area contributed by atoms with Gasteiger partial charge in [0.05, 0.1) is 29.5 Å². The number of nitrogens with zero attached hydrogens (tertiary/aromatic N) is 5. The van der Waals surface area contributed by atoms with Crippen LogP contribution in [-0.4, -0.2) is 51.7 Å². The molecule has 0 saturated carbocycles. The molecule has 9 nitrogen and oxygen atoms in total. The molecule has 0 fully saturated rings. The van der Waals surface area contributed by atoms with Gasteiger partial charge in [-0.3, -0.25) is 4.68 Å². The lowest BCUT2D eigenvalue weighted by molar-refractivity contribution is 0.596. The molecule has 0 bridgehead atoms. The molecule has 0 aliphatic rings. The van der Waals surface area contributed by atoms with Gasteiger partial charge in [-0.15, -0.1) is 11.3 Å². The summed E-state index contributed by atoms with van der Waals surface area (Å²) in [4.78, 5) is 14.6. The fraction of sp³-hybridized carbons (Fsp3) is 0.172. The van der Waals surface area contributed by atoms with E-state index in [-0.39, 0.29) is 5.75 Å². The Labute approximate surface area is 235 Å². The number of anilines is 2. The fourth-order valence-corrected chi connectivity index (χ4v) is 5.86. The minimum absolute atomic E-state index is 0.113. The van der Waals surface area contributed by atoms with Crippen molar-refractivity contribution in [3.05, 3.63) is 95.9 Å². The van der Waals surface area contributed by atoms with Crippen LogP contribution in [0.1, 0.15) is 10.4 Å². The summed E-state index contributed by atoms with van der Waals surface area (Å²) >= 11 is 1.57. The molecule has 0 unspecified atom stereocenters. The van der Waals surface area contributed by atoms with E-state index in [4.69, 9.17) is 0 Å². The van der Waals surface area contributed by atoms with Crippen LogP contribution in [0.25, 0.3) is 32.4 Å². The number of rotatable bonds is 10. The molecule has 0 atom stereocenters. The Morgan fingerprint density at radius 2 is 1.82 bits per heavy atom. The molecular formula is C29H27N7O2S2. The summed E-state index contributed by atoms with van der Waals surface area (Å²) in [7, 11) is -2.98.